The van der Waals surface area contributed by atoms with Crippen LogP contribution in [0, 0.1) is 0 Å². The lowest BCUT2D eigenvalue weighted by atomic mass is 10.1. The second kappa shape index (κ2) is 4.31. The first-order valence-electron chi connectivity index (χ1n) is 6.03. The number of nitrogens with zero attached hydrogens (tertiary/aromatic N) is 4. The molecule has 2 aromatic rings. The second-order valence-electron chi connectivity index (χ2n) is 4.66. The standard InChI is InChI=1S/C12H18N4O/c1-5-9(4)15-12(17)13-11-7-6-10(8(2)3)14-16(11)15/h6-9H,5H2,1-4H3. The first-order valence-corrected chi connectivity index (χ1v) is 6.03. The number of rotatable bonds is 3. The molecule has 0 aliphatic carbocycles. The zero-order valence-electron chi connectivity index (χ0n) is 10.7. The third kappa shape index (κ3) is 1.97. The molecule has 0 saturated carbocycles. The Morgan fingerprint density at radius 3 is 2.59 bits per heavy atom. The lowest BCUT2D eigenvalue weighted by Crippen LogP contribution is -2.25. The van der Waals surface area contributed by atoms with Crippen molar-refractivity contribution in [3.05, 3.63) is 28.3 Å². The van der Waals surface area contributed by atoms with Gasteiger partial charge in [-0.25, -0.2) is 9.48 Å². The van der Waals surface area contributed by atoms with Gasteiger partial charge in [0.25, 0.3) is 0 Å². The highest BCUT2D eigenvalue weighted by molar-refractivity contribution is 5.35. The smallest absolute Gasteiger partial charge is 0.244 e. The Kier molecular flexibility index (Phi) is 3.00. The van der Waals surface area contributed by atoms with E-state index in [-0.39, 0.29) is 11.7 Å². The summed E-state index contributed by atoms with van der Waals surface area (Å²) in [6.07, 6.45) is 0.876. The molecule has 0 spiro atoms. The van der Waals surface area contributed by atoms with Crippen molar-refractivity contribution in [3.63, 3.8) is 0 Å². The summed E-state index contributed by atoms with van der Waals surface area (Å²) in [6, 6.07) is 3.88. The lowest BCUT2D eigenvalue weighted by Gasteiger charge is -2.12. The highest BCUT2D eigenvalue weighted by Crippen LogP contribution is 2.13. The first-order chi connectivity index (χ1) is 8.04. The Morgan fingerprint density at radius 2 is 2.00 bits per heavy atom. The molecule has 0 amide bonds. The lowest BCUT2D eigenvalue weighted by molar-refractivity contribution is 0.413. The second-order valence-corrected chi connectivity index (χ2v) is 4.66. The molecular weight excluding hydrogens is 216 g/mol. The molecular formula is C12H18N4O. The van der Waals surface area contributed by atoms with Gasteiger partial charge in [0.15, 0.2) is 5.65 Å². The van der Waals surface area contributed by atoms with E-state index in [1.54, 1.807) is 9.31 Å². The highest BCUT2D eigenvalue weighted by atomic mass is 16.2. The van der Waals surface area contributed by atoms with Gasteiger partial charge in [0.05, 0.1) is 11.7 Å². The zero-order valence-corrected chi connectivity index (χ0v) is 10.7. The Labute approximate surface area is 100 Å². The van der Waals surface area contributed by atoms with Crippen molar-refractivity contribution in [2.45, 2.75) is 46.1 Å². The molecule has 0 bridgehead atoms. The zero-order chi connectivity index (χ0) is 12.6. The molecule has 92 valence electrons. The summed E-state index contributed by atoms with van der Waals surface area (Å²) in [4.78, 5) is 15.8. The molecule has 17 heavy (non-hydrogen) atoms. The summed E-state index contributed by atoms with van der Waals surface area (Å²) >= 11 is 0. The van der Waals surface area contributed by atoms with Crippen molar-refractivity contribution in [3.8, 4) is 0 Å². The predicted octanol–water partition coefficient (Wildman–Crippen LogP) is 1.99. The van der Waals surface area contributed by atoms with Gasteiger partial charge < -0.3 is 0 Å². The third-order valence-corrected chi connectivity index (χ3v) is 3.03. The average Bonchev–Trinajstić information content (AvgIpc) is 2.62. The van der Waals surface area contributed by atoms with Crippen LogP contribution in [0.4, 0.5) is 0 Å². The number of fused-ring (bicyclic) bond motifs is 1. The van der Waals surface area contributed by atoms with E-state index >= 15 is 0 Å². The molecule has 1 atom stereocenters. The molecule has 0 fully saturated rings. The van der Waals surface area contributed by atoms with E-state index in [0.29, 0.717) is 11.6 Å². The Hall–Kier alpha value is -1.65. The molecule has 0 N–H and O–H groups in total. The first kappa shape index (κ1) is 11.8. The van der Waals surface area contributed by atoms with Gasteiger partial charge >= 0.3 is 5.69 Å². The monoisotopic (exact) mass is 234 g/mol. The van der Waals surface area contributed by atoms with Crippen LogP contribution in [-0.2, 0) is 0 Å². The Bertz CT molecular complexity index is 582. The van der Waals surface area contributed by atoms with Gasteiger partial charge in [-0.1, -0.05) is 20.8 Å². The molecule has 0 radical (unpaired) electrons. The van der Waals surface area contributed by atoms with Gasteiger partial charge in [0, 0.05) is 0 Å². The van der Waals surface area contributed by atoms with Crippen molar-refractivity contribution in [2.75, 3.05) is 0 Å². The van der Waals surface area contributed by atoms with Gasteiger partial charge in [0.2, 0.25) is 0 Å². The molecule has 0 aliphatic rings. The van der Waals surface area contributed by atoms with Crippen LogP contribution in [0.15, 0.2) is 16.9 Å². The Balaban J connectivity index is 2.69. The summed E-state index contributed by atoms with van der Waals surface area (Å²) in [5.74, 6) is 0.335. The third-order valence-electron chi connectivity index (χ3n) is 3.03. The van der Waals surface area contributed by atoms with E-state index in [1.165, 1.54) is 0 Å². The Morgan fingerprint density at radius 1 is 1.29 bits per heavy atom. The van der Waals surface area contributed by atoms with Crippen LogP contribution in [0.5, 0.6) is 0 Å². The van der Waals surface area contributed by atoms with E-state index in [4.69, 9.17) is 0 Å². The van der Waals surface area contributed by atoms with Crippen molar-refractivity contribution < 1.29 is 0 Å². The van der Waals surface area contributed by atoms with Crippen LogP contribution < -0.4 is 5.69 Å². The topological polar surface area (TPSA) is 52.2 Å². The van der Waals surface area contributed by atoms with Crippen LogP contribution in [0.1, 0.15) is 51.8 Å². The minimum atomic E-state index is -0.229. The van der Waals surface area contributed by atoms with Gasteiger partial charge in [-0.3, -0.25) is 0 Å². The van der Waals surface area contributed by atoms with E-state index < -0.39 is 0 Å². The summed E-state index contributed by atoms with van der Waals surface area (Å²) in [7, 11) is 0. The van der Waals surface area contributed by atoms with E-state index in [2.05, 4.69) is 23.9 Å². The normalized spacial score (nSPS) is 13.5. The van der Waals surface area contributed by atoms with Gasteiger partial charge in [-0.2, -0.15) is 10.1 Å². The van der Waals surface area contributed by atoms with E-state index in [0.717, 1.165) is 12.1 Å². The van der Waals surface area contributed by atoms with Crippen LogP contribution in [0.3, 0.4) is 0 Å². The molecule has 2 aromatic heterocycles. The van der Waals surface area contributed by atoms with Crippen LogP contribution in [0.25, 0.3) is 5.65 Å². The molecule has 0 aliphatic heterocycles. The van der Waals surface area contributed by atoms with Crippen molar-refractivity contribution in [1.82, 2.24) is 19.4 Å². The summed E-state index contributed by atoms with van der Waals surface area (Å²) in [5.41, 5.74) is 1.35. The van der Waals surface area contributed by atoms with Gasteiger partial charge in [-0.15, -0.1) is 4.63 Å². The van der Waals surface area contributed by atoms with Crippen molar-refractivity contribution in [2.24, 2.45) is 0 Å². The largest absolute Gasteiger partial charge is 0.366 e. The molecule has 0 saturated heterocycles. The van der Waals surface area contributed by atoms with Crippen LogP contribution in [0.2, 0.25) is 0 Å². The SMILES string of the molecule is CCC(C)n1c(=O)nc2ccc(C(C)C)nn21. The molecule has 1 unspecified atom stereocenters. The predicted molar refractivity (Wildman–Crippen MR) is 66.3 cm³/mol. The van der Waals surface area contributed by atoms with Crippen molar-refractivity contribution >= 4 is 5.65 Å². The molecule has 5 nitrogen and oxygen atoms in total. The molecule has 2 rings (SSSR count). The maximum Gasteiger partial charge on any atom is 0.366 e. The fourth-order valence-corrected chi connectivity index (χ4v) is 1.75. The maximum absolute atomic E-state index is 11.8. The summed E-state index contributed by atoms with van der Waals surface area (Å²) < 4.78 is 3.24. The van der Waals surface area contributed by atoms with Crippen molar-refractivity contribution in [1.29, 1.82) is 0 Å². The van der Waals surface area contributed by atoms with Gasteiger partial charge in [0.1, 0.15) is 0 Å². The molecule has 0 aromatic carbocycles. The minimum absolute atomic E-state index is 0.104. The number of aromatic nitrogens is 4. The number of hydrogen-bond donors (Lipinski definition) is 0. The van der Waals surface area contributed by atoms with E-state index in [9.17, 15) is 4.79 Å². The quantitative estimate of drug-likeness (QED) is 0.816. The fourth-order valence-electron chi connectivity index (χ4n) is 1.75. The average molecular weight is 234 g/mol. The van der Waals surface area contributed by atoms with Crippen LogP contribution >= 0.6 is 0 Å². The maximum atomic E-state index is 11.8. The molecule has 5 heteroatoms. The van der Waals surface area contributed by atoms with E-state index in [1.807, 2.05) is 26.0 Å². The summed E-state index contributed by atoms with van der Waals surface area (Å²) in [6.45, 7) is 8.20. The molecule has 2 heterocycles. The summed E-state index contributed by atoms with van der Waals surface area (Å²) in [5, 5.41) is 4.48. The highest BCUT2D eigenvalue weighted by Gasteiger charge is 2.13. The van der Waals surface area contributed by atoms with Crippen LogP contribution in [-0.4, -0.2) is 19.4 Å². The number of hydrogen-bond acceptors (Lipinski definition) is 3. The van der Waals surface area contributed by atoms with Gasteiger partial charge in [-0.05, 0) is 31.4 Å². The fraction of sp³-hybridized carbons (Fsp3) is 0.583. The minimum Gasteiger partial charge on any atom is -0.244 e.